The number of ether oxygens (including phenoxy) is 1. The lowest BCUT2D eigenvalue weighted by Gasteiger charge is -2.42. The zero-order valence-electron chi connectivity index (χ0n) is 32.6. The number of aryl methyl sites for hydroxylation is 1. The van der Waals surface area contributed by atoms with Crippen molar-refractivity contribution in [3.8, 4) is 0 Å². The number of rotatable bonds is 6. The molecule has 0 spiro atoms. The lowest BCUT2D eigenvalue weighted by molar-refractivity contribution is -0.160. The van der Waals surface area contributed by atoms with Crippen LogP contribution in [-0.4, -0.2) is 119 Å². The maximum atomic E-state index is 14.7. The van der Waals surface area contributed by atoms with E-state index in [0.717, 1.165) is 11.1 Å². The van der Waals surface area contributed by atoms with Crippen LogP contribution in [0.15, 0.2) is 48.5 Å². The van der Waals surface area contributed by atoms with Gasteiger partial charge in [-0.2, -0.15) is 0 Å². The molecule has 2 aromatic carbocycles. The van der Waals surface area contributed by atoms with Crippen molar-refractivity contribution in [3.63, 3.8) is 0 Å². The maximum absolute atomic E-state index is 14.7. The molecule has 6 rings (SSSR count). The summed E-state index contributed by atoms with van der Waals surface area (Å²) < 4.78 is 5.78. The molecule has 57 heavy (non-hydrogen) atoms. The van der Waals surface area contributed by atoms with E-state index in [0.29, 0.717) is 62.2 Å². The predicted molar refractivity (Wildman–Crippen MR) is 211 cm³/mol. The zero-order chi connectivity index (χ0) is 40.8. The number of anilines is 1. The van der Waals surface area contributed by atoms with Crippen molar-refractivity contribution < 1.29 is 38.3 Å². The number of nitrogens with zero attached hydrogens (tertiary/aromatic N) is 3. The lowest BCUT2D eigenvalue weighted by Crippen LogP contribution is -2.63. The second kappa shape index (κ2) is 18.4. The Morgan fingerprint density at radius 3 is 2.28 bits per heavy atom. The van der Waals surface area contributed by atoms with Crippen molar-refractivity contribution in [2.45, 2.75) is 108 Å². The van der Waals surface area contributed by atoms with Crippen LogP contribution in [0, 0.1) is 12.8 Å². The maximum Gasteiger partial charge on any atom is 0.328 e. The third-order valence-corrected chi connectivity index (χ3v) is 11.4. The molecule has 15 nitrogen and oxygen atoms in total. The minimum absolute atomic E-state index is 0.0512. The van der Waals surface area contributed by atoms with Crippen LogP contribution in [0.4, 0.5) is 10.5 Å². The standard InChI is InChI=1S/C41H52ClN7O8/c1-24-10-8-11-27(18-24)20-30(46-41(56)44-29-13-9-12-28(42)21-29)35(50)45-31-23-57-40(55)34-19-25(2)22-49(34)37(52)26(3)43-36(51)32-14-4-6-16-47(32)39(54)33-15-5-7-17-48(33)38(31)53/h8-13,18,21,25-26,30-34H,4-7,14-17,19-20,22-23H2,1-3H3,(H,43,51)(H,45,50)(H2,44,46,56)/t25-,26-,30-,31-,32-,33-,34-/m0/s1. The Bertz CT molecular complexity index is 1880. The summed E-state index contributed by atoms with van der Waals surface area (Å²) in [5.74, 6) is -3.50. The molecule has 4 N–H and O–H groups in total. The third kappa shape index (κ3) is 10.0. The van der Waals surface area contributed by atoms with Gasteiger partial charge in [-0.3, -0.25) is 24.0 Å². The molecule has 7 amide bonds. The Kier molecular flexibility index (Phi) is 13.4. The van der Waals surface area contributed by atoms with Crippen LogP contribution in [0.5, 0.6) is 0 Å². The summed E-state index contributed by atoms with van der Waals surface area (Å²) in [4.78, 5) is 102. The summed E-state index contributed by atoms with van der Waals surface area (Å²) in [6.07, 6.45) is 3.72. The number of esters is 1. The highest BCUT2D eigenvalue weighted by molar-refractivity contribution is 6.30. The number of urea groups is 1. The minimum Gasteiger partial charge on any atom is -0.461 e. The largest absolute Gasteiger partial charge is 0.461 e. The lowest BCUT2D eigenvalue weighted by atomic mass is 9.95. The monoisotopic (exact) mass is 805 g/mol. The summed E-state index contributed by atoms with van der Waals surface area (Å²) in [5, 5.41) is 11.4. The molecule has 0 aromatic heterocycles. The summed E-state index contributed by atoms with van der Waals surface area (Å²) >= 11 is 6.12. The number of hydrogen-bond acceptors (Lipinski definition) is 8. The van der Waals surface area contributed by atoms with Crippen molar-refractivity contribution in [3.05, 3.63) is 64.7 Å². The molecule has 4 fully saturated rings. The fourth-order valence-electron chi connectivity index (χ4n) is 8.33. The van der Waals surface area contributed by atoms with Gasteiger partial charge in [-0.15, -0.1) is 0 Å². The van der Waals surface area contributed by atoms with Crippen LogP contribution in [-0.2, 0) is 39.9 Å². The average Bonchev–Trinajstić information content (AvgIpc) is 3.59. The topological polar surface area (TPSA) is 187 Å². The SMILES string of the molecule is Cc1cccc(C[C@H](NC(=O)Nc2cccc(Cl)c2)C(=O)N[C@H]2COC(=O)[C@@H]3C[C@H](C)CN3C(=O)[C@H](C)NC(=O)[C@@H]3CCCCN3C(=O)[C@@H]3CCCCN3C2=O)c1. The fourth-order valence-corrected chi connectivity index (χ4v) is 8.52. The van der Waals surface area contributed by atoms with Crippen LogP contribution in [0.2, 0.25) is 5.02 Å². The minimum atomic E-state index is -1.46. The van der Waals surface area contributed by atoms with Crippen LogP contribution in [0.3, 0.4) is 0 Å². The number of cyclic esters (lactones) is 1. The number of amides is 7. The van der Waals surface area contributed by atoms with Gasteiger partial charge in [0.15, 0.2) is 0 Å². The Hall–Kier alpha value is -5.18. The summed E-state index contributed by atoms with van der Waals surface area (Å²) in [6.45, 7) is 5.55. The van der Waals surface area contributed by atoms with Gasteiger partial charge in [0.2, 0.25) is 29.5 Å². The second-order valence-electron chi connectivity index (χ2n) is 15.7. The van der Waals surface area contributed by atoms with Crippen LogP contribution >= 0.6 is 11.6 Å². The summed E-state index contributed by atoms with van der Waals surface area (Å²) in [5.41, 5.74) is 2.07. The first-order chi connectivity index (χ1) is 27.3. The molecule has 0 bridgehead atoms. The molecule has 4 saturated heterocycles. The van der Waals surface area contributed by atoms with Crippen molar-refractivity contribution in [2.24, 2.45) is 5.92 Å². The van der Waals surface area contributed by atoms with Gasteiger partial charge >= 0.3 is 12.0 Å². The average molecular weight is 806 g/mol. The second-order valence-corrected chi connectivity index (χ2v) is 16.1. The zero-order valence-corrected chi connectivity index (χ0v) is 33.4. The van der Waals surface area contributed by atoms with E-state index in [1.165, 1.54) is 14.7 Å². The number of hydrogen-bond donors (Lipinski definition) is 4. The highest BCUT2D eigenvalue weighted by Gasteiger charge is 2.45. The quantitative estimate of drug-likeness (QED) is 0.321. The number of benzene rings is 2. The van der Waals surface area contributed by atoms with Crippen molar-refractivity contribution >= 4 is 58.8 Å². The van der Waals surface area contributed by atoms with Crippen molar-refractivity contribution in [2.75, 3.05) is 31.6 Å². The first kappa shape index (κ1) is 41.5. The molecule has 4 aliphatic rings. The van der Waals surface area contributed by atoms with Gasteiger partial charge in [0, 0.05) is 36.8 Å². The third-order valence-electron chi connectivity index (χ3n) is 11.2. The molecule has 16 heteroatoms. The van der Waals surface area contributed by atoms with Gasteiger partial charge < -0.3 is 40.7 Å². The molecule has 0 unspecified atom stereocenters. The Morgan fingerprint density at radius 2 is 1.56 bits per heavy atom. The Balaban J connectivity index is 1.32. The molecule has 4 heterocycles. The van der Waals surface area contributed by atoms with Crippen LogP contribution in [0.1, 0.15) is 69.9 Å². The van der Waals surface area contributed by atoms with E-state index in [4.69, 9.17) is 16.3 Å². The van der Waals surface area contributed by atoms with E-state index in [1.54, 1.807) is 31.2 Å². The van der Waals surface area contributed by atoms with Gasteiger partial charge in [-0.25, -0.2) is 9.59 Å². The predicted octanol–water partition coefficient (Wildman–Crippen LogP) is 2.93. The fraction of sp³-hybridized carbons (Fsp3) is 0.537. The summed E-state index contributed by atoms with van der Waals surface area (Å²) in [7, 11) is 0. The van der Waals surface area contributed by atoms with Crippen molar-refractivity contribution in [1.29, 1.82) is 0 Å². The van der Waals surface area contributed by atoms with Crippen LogP contribution in [0.25, 0.3) is 0 Å². The Labute approximate surface area is 337 Å². The van der Waals surface area contributed by atoms with E-state index in [9.17, 15) is 33.6 Å². The molecule has 0 saturated carbocycles. The van der Waals surface area contributed by atoms with E-state index >= 15 is 0 Å². The van der Waals surface area contributed by atoms with E-state index < -0.39 is 78.5 Å². The molecule has 4 aliphatic heterocycles. The van der Waals surface area contributed by atoms with Gasteiger partial charge in [-0.05, 0) is 88.5 Å². The van der Waals surface area contributed by atoms with Crippen LogP contribution < -0.4 is 21.3 Å². The van der Waals surface area contributed by atoms with E-state index in [-0.39, 0.29) is 31.3 Å². The number of carbonyl (C=O) groups excluding carboxylic acids is 7. The van der Waals surface area contributed by atoms with E-state index in [2.05, 4.69) is 21.3 Å². The van der Waals surface area contributed by atoms with Crippen molar-refractivity contribution in [1.82, 2.24) is 30.7 Å². The van der Waals surface area contributed by atoms with Gasteiger partial charge in [0.25, 0.3) is 0 Å². The molecular weight excluding hydrogens is 754 g/mol. The van der Waals surface area contributed by atoms with Gasteiger partial charge in [0.05, 0.1) is 0 Å². The van der Waals surface area contributed by atoms with Gasteiger partial charge in [-0.1, -0.05) is 54.4 Å². The summed E-state index contributed by atoms with van der Waals surface area (Å²) in [6, 6.07) is 6.87. The van der Waals surface area contributed by atoms with E-state index in [1.807, 2.05) is 38.1 Å². The molecule has 7 atom stereocenters. The highest BCUT2D eigenvalue weighted by atomic mass is 35.5. The van der Waals surface area contributed by atoms with Gasteiger partial charge in [0.1, 0.15) is 42.9 Å². The highest BCUT2D eigenvalue weighted by Crippen LogP contribution is 2.28. The Morgan fingerprint density at radius 1 is 0.860 bits per heavy atom. The number of piperidine rings is 2. The number of nitrogens with one attached hydrogen (secondary N) is 4. The molecule has 0 aliphatic carbocycles. The molecule has 2 aromatic rings. The number of carbonyl (C=O) groups is 7. The molecule has 0 radical (unpaired) electrons. The molecule has 306 valence electrons. The smallest absolute Gasteiger partial charge is 0.328 e. The number of halogens is 1. The first-order valence-electron chi connectivity index (χ1n) is 19.9. The normalized spacial score (nSPS) is 26.7. The molecular formula is C41H52ClN7O8. The first-order valence-corrected chi connectivity index (χ1v) is 20.2. The number of fused-ring (bicyclic) bond motifs is 3.